The molecule has 1 aromatic carbocycles. The smallest absolute Gasteiger partial charge is 0.225 e. The average molecular weight is 275 g/mol. The fraction of sp³-hybridized carbons (Fsp3) is 0.562. The van der Waals surface area contributed by atoms with E-state index >= 15 is 0 Å². The predicted molar refractivity (Wildman–Crippen MR) is 83.6 cm³/mol. The van der Waals surface area contributed by atoms with E-state index < -0.39 is 0 Å². The number of carbonyl (C=O) groups excluding carboxylic acids is 1. The summed E-state index contributed by atoms with van der Waals surface area (Å²) in [7, 11) is 2.10. The van der Waals surface area contributed by atoms with Crippen LogP contribution in [0.3, 0.4) is 0 Å². The molecule has 1 aromatic rings. The molecular formula is C16H25N3O. The average Bonchev–Trinajstić information content (AvgIpc) is 2.92. The van der Waals surface area contributed by atoms with Crippen molar-refractivity contribution in [1.82, 2.24) is 4.90 Å². The van der Waals surface area contributed by atoms with Crippen LogP contribution in [0.15, 0.2) is 24.3 Å². The number of nitrogens with one attached hydrogen (secondary N) is 1. The van der Waals surface area contributed by atoms with Crippen LogP contribution in [0.25, 0.3) is 0 Å². The quantitative estimate of drug-likeness (QED) is 0.785. The van der Waals surface area contributed by atoms with Crippen LogP contribution < -0.4 is 11.1 Å². The van der Waals surface area contributed by atoms with Gasteiger partial charge in [-0.2, -0.15) is 0 Å². The monoisotopic (exact) mass is 275 g/mol. The van der Waals surface area contributed by atoms with Crippen LogP contribution in [-0.4, -0.2) is 30.9 Å². The number of rotatable bonds is 6. The van der Waals surface area contributed by atoms with Crippen molar-refractivity contribution in [2.24, 2.45) is 5.92 Å². The first kappa shape index (κ1) is 14.9. The highest BCUT2D eigenvalue weighted by atomic mass is 16.1. The molecule has 1 aliphatic rings. The van der Waals surface area contributed by atoms with Crippen molar-refractivity contribution < 1.29 is 4.79 Å². The van der Waals surface area contributed by atoms with Gasteiger partial charge in [0.15, 0.2) is 0 Å². The van der Waals surface area contributed by atoms with E-state index in [1.165, 1.54) is 25.7 Å². The van der Waals surface area contributed by atoms with E-state index in [1.54, 1.807) is 6.07 Å². The van der Waals surface area contributed by atoms with Crippen molar-refractivity contribution in [3.8, 4) is 0 Å². The predicted octanol–water partition coefficient (Wildman–Crippen LogP) is 2.72. The standard InChI is InChI=1S/C16H25N3O/c1-19(12-13-6-2-3-7-13)11-10-16(20)18-15-9-5-4-8-14(15)17/h4-5,8-9,13H,2-3,6-7,10-12,17H2,1H3,(H,18,20). The first-order valence-corrected chi connectivity index (χ1v) is 7.48. The van der Waals surface area contributed by atoms with Crippen LogP contribution in [0.2, 0.25) is 0 Å². The van der Waals surface area contributed by atoms with E-state index in [4.69, 9.17) is 5.73 Å². The summed E-state index contributed by atoms with van der Waals surface area (Å²) >= 11 is 0. The van der Waals surface area contributed by atoms with Crippen molar-refractivity contribution in [3.05, 3.63) is 24.3 Å². The Hall–Kier alpha value is -1.55. The number of hydrogen-bond acceptors (Lipinski definition) is 3. The molecule has 110 valence electrons. The van der Waals surface area contributed by atoms with Crippen molar-refractivity contribution in [2.45, 2.75) is 32.1 Å². The summed E-state index contributed by atoms with van der Waals surface area (Å²) in [5.41, 5.74) is 7.12. The summed E-state index contributed by atoms with van der Waals surface area (Å²) in [6.07, 6.45) is 5.93. The molecule has 1 saturated carbocycles. The van der Waals surface area contributed by atoms with Crippen LogP contribution in [0, 0.1) is 5.92 Å². The molecule has 4 nitrogen and oxygen atoms in total. The Labute approximate surface area is 121 Å². The summed E-state index contributed by atoms with van der Waals surface area (Å²) in [6, 6.07) is 7.36. The maximum atomic E-state index is 11.9. The molecule has 0 unspecified atom stereocenters. The molecule has 0 aliphatic heterocycles. The van der Waals surface area contributed by atoms with E-state index in [9.17, 15) is 4.79 Å². The Morgan fingerprint density at radius 1 is 1.35 bits per heavy atom. The molecule has 0 spiro atoms. The normalized spacial score (nSPS) is 15.7. The first-order chi connectivity index (χ1) is 9.65. The SMILES string of the molecule is CN(CCC(=O)Nc1ccccc1N)CC1CCCC1. The summed E-state index contributed by atoms with van der Waals surface area (Å²) < 4.78 is 0. The number of nitrogens with two attached hydrogens (primary N) is 1. The van der Waals surface area contributed by atoms with Gasteiger partial charge < -0.3 is 16.0 Å². The zero-order valence-electron chi connectivity index (χ0n) is 12.3. The van der Waals surface area contributed by atoms with Crippen LogP contribution in [0.1, 0.15) is 32.1 Å². The number of nitrogen functional groups attached to an aromatic ring is 1. The lowest BCUT2D eigenvalue weighted by atomic mass is 10.1. The van der Waals surface area contributed by atoms with Gasteiger partial charge in [0, 0.05) is 19.5 Å². The summed E-state index contributed by atoms with van der Waals surface area (Å²) in [5, 5.41) is 2.87. The molecule has 0 radical (unpaired) electrons. The lowest BCUT2D eigenvalue weighted by Crippen LogP contribution is -2.28. The zero-order chi connectivity index (χ0) is 14.4. The van der Waals surface area contributed by atoms with Gasteiger partial charge in [0.1, 0.15) is 0 Å². The Bertz CT molecular complexity index is 441. The molecule has 4 heteroatoms. The van der Waals surface area contributed by atoms with Crippen LogP contribution in [0.4, 0.5) is 11.4 Å². The molecule has 0 saturated heterocycles. The maximum Gasteiger partial charge on any atom is 0.225 e. The molecule has 1 fully saturated rings. The molecule has 1 aliphatic carbocycles. The van der Waals surface area contributed by atoms with Gasteiger partial charge in [-0.25, -0.2) is 0 Å². The van der Waals surface area contributed by atoms with Gasteiger partial charge in [-0.05, 0) is 37.9 Å². The molecule has 0 heterocycles. The summed E-state index contributed by atoms with van der Waals surface area (Å²) in [4.78, 5) is 14.2. The van der Waals surface area contributed by atoms with Crippen LogP contribution >= 0.6 is 0 Å². The lowest BCUT2D eigenvalue weighted by Gasteiger charge is -2.20. The van der Waals surface area contributed by atoms with Gasteiger partial charge in [0.25, 0.3) is 0 Å². The van der Waals surface area contributed by atoms with E-state index in [1.807, 2.05) is 18.2 Å². The number of benzene rings is 1. The molecule has 3 N–H and O–H groups in total. The number of para-hydroxylation sites is 2. The van der Waals surface area contributed by atoms with E-state index in [0.717, 1.165) is 19.0 Å². The van der Waals surface area contributed by atoms with E-state index in [2.05, 4.69) is 17.3 Å². The Morgan fingerprint density at radius 3 is 2.75 bits per heavy atom. The van der Waals surface area contributed by atoms with Crippen molar-refractivity contribution in [3.63, 3.8) is 0 Å². The van der Waals surface area contributed by atoms with Gasteiger partial charge in [-0.3, -0.25) is 4.79 Å². The minimum Gasteiger partial charge on any atom is -0.397 e. The molecule has 0 aromatic heterocycles. The fourth-order valence-corrected chi connectivity index (χ4v) is 2.84. The minimum atomic E-state index is 0.0289. The number of nitrogens with zero attached hydrogens (tertiary/aromatic N) is 1. The largest absolute Gasteiger partial charge is 0.397 e. The van der Waals surface area contributed by atoms with Crippen molar-refractivity contribution >= 4 is 17.3 Å². The highest BCUT2D eigenvalue weighted by Crippen LogP contribution is 2.25. The van der Waals surface area contributed by atoms with Gasteiger partial charge in [0.05, 0.1) is 11.4 Å². The Balaban J connectivity index is 1.70. The number of anilines is 2. The van der Waals surface area contributed by atoms with Crippen molar-refractivity contribution in [2.75, 3.05) is 31.2 Å². The summed E-state index contributed by atoms with van der Waals surface area (Å²) in [6.45, 7) is 1.91. The molecule has 0 bridgehead atoms. The third-order valence-electron chi connectivity index (χ3n) is 4.00. The highest BCUT2D eigenvalue weighted by molar-refractivity contribution is 5.93. The first-order valence-electron chi connectivity index (χ1n) is 7.48. The molecule has 0 atom stereocenters. The van der Waals surface area contributed by atoms with Crippen LogP contribution in [-0.2, 0) is 4.79 Å². The topological polar surface area (TPSA) is 58.4 Å². The van der Waals surface area contributed by atoms with Gasteiger partial charge in [-0.1, -0.05) is 25.0 Å². The second-order valence-corrected chi connectivity index (χ2v) is 5.80. The molecule has 2 rings (SSSR count). The third kappa shape index (κ3) is 4.53. The second kappa shape index (κ2) is 7.29. The number of hydrogen-bond donors (Lipinski definition) is 2. The molecule has 20 heavy (non-hydrogen) atoms. The van der Waals surface area contributed by atoms with E-state index in [-0.39, 0.29) is 5.91 Å². The Morgan fingerprint density at radius 2 is 2.05 bits per heavy atom. The van der Waals surface area contributed by atoms with Gasteiger partial charge in [-0.15, -0.1) is 0 Å². The third-order valence-corrected chi connectivity index (χ3v) is 4.00. The zero-order valence-corrected chi connectivity index (χ0v) is 12.3. The fourth-order valence-electron chi connectivity index (χ4n) is 2.84. The molecule has 1 amide bonds. The maximum absolute atomic E-state index is 11.9. The Kier molecular flexibility index (Phi) is 5.41. The van der Waals surface area contributed by atoms with Gasteiger partial charge >= 0.3 is 0 Å². The van der Waals surface area contributed by atoms with Crippen molar-refractivity contribution in [1.29, 1.82) is 0 Å². The van der Waals surface area contributed by atoms with E-state index in [0.29, 0.717) is 17.8 Å². The van der Waals surface area contributed by atoms with Gasteiger partial charge in [0.2, 0.25) is 5.91 Å². The highest BCUT2D eigenvalue weighted by Gasteiger charge is 2.17. The summed E-state index contributed by atoms with van der Waals surface area (Å²) in [5.74, 6) is 0.856. The minimum absolute atomic E-state index is 0.0289. The number of amides is 1. The molecular weight excluding hydrogens is 250 g/mol. The lowest BCUT2D eigenvalue weighted by molar-refractivity contribution is -0.116. The number of carbonyl (C=O) groups is 1. The van der Waals surface area contributed by atoms with Crippen LogP contribution in [0.5, 0.6) is 0 Å². The second-order valence-electron chi connectivity index (χ2n) is 5.80.